The third kappa shape index (κ3) is 6.34. The highest BCUT2D eigenvalue weighted by Gasteiger charge is 2.03. The Morgan fingerprint density at radius 3 is 2.62 bits per heavy atom. The average Bonchev–Trinajstić information content (AvgIpc) is 2.11. The quantitative estimate of drug-likeness (QED) is 0.361. The van der Waals surface area contributed by atoms with Crippen molar-refractivity contribution in [2.75, 3.05) is 13.7 Å². The van der Waals surface area contributed by atoms with E-state index < -0.39 is 0 Å². The summed E-state index contributed by atoms with van der Waals surface area (Å²) in [5.41, 5.74) is 0.444. The molecule has 0 rings (SSSR count). The van der Waals surface area contributed by atoms with E-state index >= 15 is 0 Å². The van der Waals surface area contributed by atoms with Gasteiger partial charge in [-0.25, -0.2) is 4.79 Å². The standard InChI is InChI=1S/C10H18O3/c1-8(2)10(11)13-7-5-6-9(3)12-4/h9H,1,5-7H2,2-4H3. The smallest absolute Gasteiger partial charge is 0.333 e. The fraction of sp³-hybridized carbons (Fsp3) is 0.700. The van der Waals surface area contributed by atoms with E-state index in [0.29, 0.717) is 12.2 Å². The number of hydrogen-bond acceptors (Lipinski definition) is 3. The van der Waals surface area contributed by atoms with E-state index in [1.807, 2.05) is 6.92 Å². The highest BCUT2D eigenvalue weighted by Crippen LogP contribution is 2.01. The van der Waals surface area contributed by atoms with E-state index in [4.69, 9.17) is 9.47 Å². The number of esters is 1. The fourth-order valence-corrected chi connectivity index (χ4v) is 0.777. The maximum absolute atomic E-state index is 10.9. The van der Waals surface area contributed by atoms with E-state index in [9.17, 15) is 4.79 Å². The van der Waals surface area contributed by atoms with Gasteiger partial charge in [-0.3, -0.25) is 0 Å². The maximum atomic E-state index is 10.9. The molecular weight excluding hydrogens is 168 g/mol. The van der Waals surface area contributed by atoms with Gasteiger partial charge in [0.05, 0.1) is 12.7 Å². The van der Waals surface area contributed by atoms with Gasteiger partial charge < -0.3 is 9.47 Å². The minimum Gasteiger partial charge on any atom is -0.462 e. The summed E-state index contributed by atoms with van der Waals surface area (Å²) in [5, 5.41) is 0. The van der Waals surface area contributed by atoms with Crippen molar-refractivity contribution in [3.05, 3.63) is 12.2 Å². The van der Waals surface area contributed by atoms with Gasteiger partial charge in [-0.2, -0.15) is 0 Å². The van der Waals surface area contributed by atoms with Gasteiger partial charge in [0, 0.05) is 12.7 Å². The van der Waals surface area contributed by atoms with Crippen LogP contribution in [0.15, 0.2) is 12.2 Å². The van der Waals surface area contributed by atoms with Crippen LogP contribution in [-0.2, 0) is 14.3 Å². The van der Waals surface area contributed by atoms with Crippen molar-refractivity contribution < 1.29 is 14.3 Å². The molecular formula is C10H18O3. The number of ether oxygens (including phenoxy) is 2. The highest BCUT2D eigenvalue weighted by atomic mass is 16.5. The Morgan fingerprint density at radius 1 is 1.54 bits per heavy atom. The number of carbonyl (C=O) groups excluding carboxylic acids is 1. The first-order valence-electron chi connectivity index (χ1n) is 4.43. The van der Waals surface area contributed by atoms with Crippen molar-refractivity contribution in [3.63, 3.8) is 0 Å². The molecule has 0 saturated carbocycles. The molecule has 13 heavy (non-hydrogen) atoms. The number of methoxy groups -OCH3 is 1. The van der Waals surface area contributed by atoms with E-state index in [1.54, 1.807) is 14.0 Å². The average molecular weight is 186 g/mol. The molecule has 0 fully saturated rings. The van der Waals surface area contributed by atoms with Crippen LogP contribution >= 0.6 is 0 Å². The minimum absolute atomic E-state index is 0.225. The summed E-state index contributed by atoms with van der Waals surface area (Å²) < 4.78 is 9.95. The Kier molecular flexibility index (Phi) is 6.24. The van der Waals surface area contributed by atoms with Gasteiger partial charge in [0.1, 0.15) is 0 Å². The molecule has 0 aliphatic heterocycles. The van der Waals surface area contributed by atoms with E-state index in [1.165, 1.54) is 0 Å². The normalized spacial score (nSPS) is 12.2. The van der Waals surface area contributed by atoms with Gasteiger partial charge in [0.15, 0.2) is 0 Å². The second kappa shape index (κ2) is 6.66. The lowest BCUT2D eigenvalue weighted by Gasteiger charge is -2.08. The SMILES string of the molecule is C=C(C)C(=O)OCCCC(C)OC. The van der Waals surface area contributed by atoms with Crippen molar-refractivity contribution in [3.8, 4) is 0 Å². The van der Waals surface area contributed by atoms with Crippen LogP contribution in [-0.4, -0.2) is 25.8 Å². The van der Waals surface area contributed by atoms with Crippen LogP contribution in [0.3, 0.4) is 0 Å². The minimum atomic E-state index is -0.315. The van der Waals surface area contributed by atoms with E-state index in [2.05, 4.69) is 6.58 Å². The van der Waals surface area contributed by atoms with Crippen molar-refractivity contribution >= 4 is 5.97 Å². The van der Waals surface area contributed by atoms with Gasteiger partial charge >= 0.3 is 5.97 Å². The van der Waals surface area contributed by atoms with Gasteiger partial charge in [-0.05, 0) is 26.7 Å². The summed E-state index contributed by atoms with van der Waals surface area (Å²) in [6.45, 7) is 7.56. The molecule has 0 bridgehead atoms. The van der Waals surface area contributed by atoms with Crippen LogP contribution in [0.1, 0.15) is 26.7 Å². The van der Waals surface area contributed by atoms with E-state index in [0.717, 1.165) is 12.8 Å². The lowest BCUT2D eigenvalue weighted by Crippen LogP contribution is -2.09. The summed E-state index contributed by atoms with van der Waals surface area (Å²) in [6.07, 6.45) is 1.96. The summed E-state index contributed by atoms with van der Waals surface area (Å²) in [6, 6.07) is 0. The summed E-state index contributed by atoms with van der Waals surface area (Å²) in [5.74, 6) is -0.315. The molecule has 1 unspecified atom stereocenters. The predicted molar refractivity (Wildman–Crippen MR) is 51.5 cm³/mol. The van der Waals surface area contributed by atoms with Gasteiger partial charge in [0.2, 0.25) is 0 Å². The molecule has 0 amide bonds. The van der Waals surface area contributed by atoms with Gasteiger partial charge in [-0.15, -0.1) is 0 Å². The topological polar surface area (TPSA) is 35.5 Å². The largest absolute Gasteiger partial charge is 0.462 e. The molecule has 3 nitrogen and oxygen atoms in total. The molecule has 0 aliphatic rings. The Hall–Kier alpha value is -0.830. The molecule has 0 aromatic rings. The lowest BCUT2D eigenvalue weighted by molar-refractivity contribution is -0.139. The molecule has 0 aliphatic carbocycles. The zero-order valence-electron chi connectivity index (χ0n) is 8.63. The predicted octanol–water partition coefficient (Wildman–Crippen LogP) is 1.92. The maximum Gasteiger partial charge on any atom is 0.333 e. The number of rotatable bonds is 6. The molecule has 0 heterocycles. The third-order valence-corrected chi connectivity index (χ3v) is 1.74. The number of hydrogen-bond donors (Lipinski definition) is 0. The summed E-state index contributed by atoms with van der Waals surface area (Å²) in [7, 11) is 1.67. The summed E-state index contributed by atoms with van der Waals surface area (Å²) >= 11 is 0. The van der Waals surface area contributed by atoms with E-state index in [-0.39, 0.29) is 12.1 Å². The highest BCUT2D eigenvalue weighted by molar-refractivity contribution is 5.86. The van der Waals surface area contributed by atoms with Crippen molar-refractivity contribution in [2.45, 2.75) is 32.8 Å². The second-order valence-corrected chi connectivity index (χ2v) is 3.10. The van der Waals surface area contributed by atoms with Crippen LogP contribution in [0, 0.1) is 0 Å². The van der Waals surface area contributed by atoms with Crippen LogP contribution < -0.4 is 0 Å². The lowest BCUT2D eigenvalue weighted by atomic mass is 10.2. The van der Waals surface area contributed by atoms with Gasteiger partial charge in [-0.1, -0.05) is 6.58 Å². The Bertz CT molecular complexity index is 175. The molecule has 0 aromatic heterocycles. The zero-order chi connectivity index (χ0) is 10.3. The Morgan fingerprint density at radius 2 is 2.15 bits per heavy atom. The monoisotopic (exact) mass is 186 g/mol. The zero-order valence-corrected chi connectivity index (χ0v) is 8.63. The molecule has 3 heteroatoms. The second-order valence-electron chi connectivity index (χ2n) is 3.10. The molecule has 0 aromatic carbocycles. The first-order valence-corrected chi connectivity index (χ1v) is 4.43. The summed E-state index contributed by atoms with van der Waals surface area (Å²) in [4.78, 5) is 10.9. The molecule has 1 atom stereocenters. The third-order valence-electron chi connectivity index (χ3n) is 1.74. The fourth-order valence-electron chi connectivity index (χ4n) is 0.777. The molecule has 0 saturated heterocycles. The molecule has 76 valence electrons. The first kappa shape index (κ1) is 12.2. The van der Waals surface area contributed by atoms with Crippen LogP contribution in [0.2, 0.25) is 0 Å². The Labute approximate surface area is 79.7 Å². The van der Waals surface area contributed by atoms with Gasteiger partial charge in [0.25, 0.3) is 0 Å². The van der Waals surface area contributed by atoms with Crippen LogP contribution in [0.5, 0.6) is 0 Å². The Balaban J connectivity index is 3.36. The van der Waals surface area contributed by atoms with Crippen molar-refractivity contribution in [1.82, 2.24) is 0 Å². The van der Waals surface area contributed by atoms with Crippen molar-refractivity contribution in [2.24, 2.45) is 0 Å². The molecule has 0 N–H and O–H groups in total. The van der Waals surface area contributed by atoms with Crippen LogP contribution in [0.25, 0.3) is 0 Å². The number of carbonyl (C=O) groups is 1. The molecule has 0 spiro atoms. The van der Waals surface area contributed by atoms with Crippen molar-refractivity contribution in [1.29, 1.82) is 0 Å². The first-order chi connectivity index (χ1) is 6.07. The van der Waals surface area contributed by atoms with Crippen LogP contribution in [0.4, 0.5) is 0 Å². The molecule has 0 radical (unpaired) electrons.